The predicted molar refractivity (Wildman–Crippen MR) is 50.9 cm³/mol. The molecule has 0 aliphatic carbocycles. The van der Waals surface area contributed by atoms with Crippen LogP contribution >= 0.6 is 0 Å². The Kier molecular flexibility index (Phi) is 4.61. The van der Waals surface area contributed by atoms with E-state index in [1.165, 1.54) is 26.4 Å². The van der Waals surface area contributed by atoms with E-state index in [1.54, 1.807) is 0 Å². The van der Waals surface area contributed by atoms with E-state index in [0.29, 0.717) is 5.56 Å². The van der Waals surface area contributed by atoms with Crippen LogP contribution < -0.4 is 5.48 Å². The average molecular weight is 217 g/mol. The first kappa shape index (κ1) is 12.0. The van der Waals surface area contributed by atoms with E-state index in [9.17, 15) is 8.78 Å². The van der Waals surface area contributed by atoms with Crippen molar-refractivity contribution in [2.75, 3.05) is 14.2 Å². The molecule has 0 spiro atoms. The van der Waals surface area contributed by atoms with Crippen LogP contribution in [0.3, 0.4) is 0 Å². The maximum Gasteiger partial charge on any atom is 0.131 e. The maximum atomic E-state index is 13.3. The van der Waals surface area contributed by atoms with E-state index in [1.807, 2.05) is 0 Å². The van der Waals surface area contributed by atoms with Gasteiger partial charge >= 0.3 is 0 Å². The Morgan fingerprint density at radius 2 is 1.80 bits per heavy atom. The highest BCUT2D eigenvalue weighted by Gasteiger charge is 2.10. The van der Waals surface area contributed by atoms with E-state index in [0.717, 1.165) is 0 Å². The molecule has 0 amide bonds. The zero-order valence-electron chi connectivity index (χ0n) is 8.64. The number of hydrogen-bond acceptors (Lipinski definition) is 3. The van der Waals surface area contributed by atoms with Gasteiger partial charge in [-0.05, 0) is 17.7 Å². The van der Waals surface area contributed by atoms with E-state index in [-0.39, 0.29) is 18.7 Å². The van der Waals surface area contributed by atoms with Gasteiger partial charge < -0.3 is 9.57 Å². The normalized spacial score (nSPS) is 10.7. The molecule has 1 aromatic carbocycles. The van der Waals surface area contributed by atoms with E-state index < -0.39 is 11.6 Å². The van der Waals surface area contributed by atoms with Crippen LogP contribution in [0.2, 0.25) is 0 Å². The summed E-state index contributed by atoms with van der Waals surface area (Å²) in [5.74, 6) is -1.21. The molecule has 0 saturated heterocycles. The third-order valence-electron chi connectivity index (χ3n) is 1.91. The molecule has 3 nitrogen and oxygen atoms in total. The summed E-state index contributed by atoms with van der Waals surface area (Å²) >= 11 is 0. The van der Waals surface area contributed by atoms with Crippen LogP contribution in [0.1, 0.15) is 11.1 Å². The first-order valence-electron chi connectivity index (χ1n) is 4.40. The standard InChI is InChI=1S/C10H13F2NO2/c1-14-6-8-9(11)3-7(4-10(8)12)5-13-15-2/h3-4,13H,5-6H2,1-2H3. The van der Waals surface area contributed by atoms with Crippen molar-refractivity contribution in [3.8, 4) is 0 Å². The summed E-state index contributed by atoms with van der Waals surface area (Å²) < 4.78 is 31.4. The highest BCUT2D eigenvalue weighted by atomic mass is 19.1. The average Bonchev–Trinajstić information content (AvgIpc) is 2.20. The van der Waals surface area contributed by atoms with Crippen LogP contribution in [-0.4, -0.2) is 14.2 Å². The third kappa shape index (κ3) is 3.23. The smallest absolute Gasteiger partial charge is 0.131 e. The molecule has 0 bridgehead atoms. The summed E-state index contributed by atoms with van der Waals surface area (Å²) in [6, 6.07) is 2.51. The Labute approximate surface area is 87.0 Å². The van der Waals surface area contributed by atoms with Crippen molar-refractivity contribution in [1.82, 2.24) is 5.48 Å². The predicted octanol–water partition coefficient (Wildman–Crippen LogP) is 1.76. The van der Waals surface area contributed by atoms with Crippen molar-refractivity contribution >= 4 is 0 Å². The molecule has 0 aliphatic rings. The monoisotopic (exact) mass is 217 g/mol. The van der Waals surface area contributed by atoms with Crippen LogP contribution in [-0.2, 0) is 22.7 Å². The van der Waals surface area contributed by atoms with Crippen molar-refractivity contribution in [3.05, 3.63) is 34.9 Å². The van der Waals surface area contributed by atoms with Crippen LogP contribution in [0.15, 0.2) is 12.1 Å². The summed E-state index contributed by atoms with van der Waals surface area (Å²) in [5, 5.41) is 0. The van der Waals surface area contributed by atoms with Crippen LogP contribution in [0, 0.1) is 11.6 Å². The molecule has 0 radical (unpaired) electrons. The SMILES string of the molecule is COCc1c(F)cc(CNOC)cc1F. The van der Waals surface area contributed by atoms with E-state index >= 15 is 0 Å². The fourth-order valence-corrected chi connectivity index (χ4v) is 1.20. The van der Waals surface area contributed by atoms with Gasteiger partial charge in [-0.2, -0.15) is 5.48 Å². The van der Waals surface area contributed by atoms with Crippen molar-refractivity contribution in [2.45, 2.75) is 13.2 Å². The number of hydrogen-bond donors (Lipinski definition) is 1. The highest BCUT2D eigenvalue weighted by molar-refractivity contribution is 5.25. The number of methoxy groups -OCH3 is 1. The van der Waals surface area contributed by atoms with Gasteiger partial charge in [-0.1, -0.05) is 0 Å². The number of benzene rings is 1. The molecule has 1 rings (SSSR count). The minimum Gasteiger partial charge on any atom is -0.380 e. The molecule has 0 unspecified atom stereocenters. The lowest BCUT2D eigenvalue weighted by molar-refractivity contribution is 0.0865. The van der Waals surface area contributed by atoms with Gasteiger partial charge in [0.2, 0.25) is 0 Å². The number of rotatable bonds is 5. The Balaban J connectivity index is 2.87. The molecule has 5 heteroatoms. The molecule has 84 valence electrons. The summed E-state index contributed by atoms with van der Waals surface area (Å²) in [7, 11) is 2.82. The van der Waals surface area contributed by atoms with E-state index in [4.69, 9.17) is 4.74 Å². The summed E-state index contributed by atoms with van der Waals surface area (Å²) in [6.45, 7) is 0.174. The minimum atomic E-state index is -0.607. The van der Waals surface area contributed by atoms with Gasteiger partial charge in [-0.25, -0.2) is 8.78 Å². The lowest BCUT2D eigenvalue weighted by Crippen LogP contribution is -2.12. The third-order valence-corrected chi connectivity index (χ3v) is 1.91. The Morgan fingerprint density at radius 3 is 2.27 bits per heavy atom. The Hall–Kier alpha value is -1.04. The molecule has 0 saturated carbocycles. The second-order valence-electron chi connectivity index (χ2n) is 3.00. The van der Waals surface area contributed by atoms with Crippen molar-refractivity contribution in [2.24, 2.45) is 0 Å². The largest absolute Gasteiger partial charge is 0.380 e. The molecular formula is C10H13F2NO2. The molecular weight excluding hydrogens is 204 g/mol. The topological polar surface area (TPSA) is 30.5 Å². The van der Waals surface area contributed by atoms with Crippen molar-refractivity contribution < 1.29 is 18.4 Å². The molecule has 15 heavy (non-hydrogen) atoms. The number of ether oxygens (including phenoxy) is 1. The second kappa shape index (κ2) is 5.75. The van der Waals surface area contributed by atoms with E-state index in [2.05, 4.69) is 10.3 Å². The number of hydroxylamine groups is 1. The Morgan fingerprint density at radius 1 is 1.20 bits per heavy atom. The molecule has 1 aromatic rings. The van der Waals surface area contributed by atoms with Crippen molar-refractivity contribution in [3.63, 3.8) is 0 Å². The van der Waals surface area contributed by atoms with Gasteiger partial charge in [0.05, 0.1) is 13.7 Å². The molecule has 0 aromatic heterocycles. The fraction of sp³-hybridized carbons (Fsp3) is 0.400. The zero-order chi connectivity index (χ0) is 11.3. The lowest BCUT2D eigenvalue weighted by Gasteiger charge is -2.07. The van der Waals surface area contributed by atoms with Gasteiger partial charge in [0, 0.05) is 19.2 Å². The Bertz CT molecular complexity index is 308. The molecule has 0 heterocycles. The quantitative estimate of drug-likeness (QED) is 0.762. The molecule has 1 N–H and O–H groups in total. The van der Waals surface area contributed by atoms with Gasteiger partial charge in [0.1, 0.15) is 11.6 Å². The second-order valence-corrected chi connectivity index (χ2v) is 3.00. The lowest BCUT2D eigenvalue weighted by atomic mass is 10.1. The number of halogens is 2. The molecule has 0 fully saturated rings. The number of nitrogens with one attached hydrogen (secondary N) is 1. The summed E-state index contributed by atoms with van der Waals surface area (Å²) in [5.41, 5.74) is 2.93. The first-order chi connectivity index (χ1) is 7.19. The fourth-order valence-electron chi connectivity index (χ4n) is 1.20. The van der Waals surface area contributed by atoms with Gasteiger partial charge in [0.25, 0.3) is 0 Å². The summed E-state index contributed by atoms with van der Waals surface area (Å²) in [6.07, 6.45) is 0. The van der Waals surface area contributed by atoms with Gasteiger partial charge in [-0.3, -0.25) is 0 Å². The minimum absolute atomic E-state index is 0.0568. The van der Waals surface area contributed by atoms with Gasteiger partial charge in [0.15, 0.2) is 0 Å². The summed E-state index contributed by atoms with van der Waals surface area (Å²) in [4.78, 5) is 4.58. The molecule has 0 aliphatic heterocycles. The van der Waals surface area contributed by atoms with Crippen LogP contribution in [0.25, 0.3) is 0 Å². The van der Waals surface area contributed by atoms with Crippen molar-refractivity contribution in [1.29, 1.82) is 0 Å². The van der Waals surface area contributed by atoms with Crippen LogP contribution in [0.5, 0.6) is 0 Å². The van der Waals surface area contributed by atoms with Gasteiger partial charge in [-0.15, -0.1) is 0 Å². The zero-order valence-corrected chi connectivity index (χ0v) is 8.64. The van der Waals surface area contributed by atoms with Crippen LogP contribution in [0.4, 0.5) is 8.78 Å². The highest BCUT2D eigenvalue weighted by Crippen LogP contribution is 2.16. The molecule has 0 atom stereocenters. The first-order valence-corrected chi connectivity index (χ1v) is 4.40. The maximum absolute atomic E-state index is 13.3.